The van der Waals surface area contributed by atoms with E-state index >= 15 is 0 Å². The second-order valence-corrected chi connectivity index (χ2v) is 4.53. The first-order valence-corrected chi connectivity index (χ1v) is 5.94. The maximum Gasteiger partial charge on any atom is 0.272 e. The zero-order chi connectivity index (χ0) is 13.1. The lowest BCUT2D eigenvalue weighted by molar-refractivity contribution is 0.0987. The second-order valence-electron chi connectivity index (χ2n) is 3.66. The molecular weight excluding hydrogens is 271 g/mol. The van der Waals surface area contributed by atoms with Gasteiger partial charge in [-0.1, -0.05) is 23.2 Å². The Morgan fingerprint density at radius 2 is 1.33 bits per heavy atom. The van der Waals surface area contributed by atoms with Crippen LogP contribution in [0.3, 0.4) is 0 Å². The number of hydrazine groups is 1. The van der Waals surface area contributed by atoms with E-state index < -0.39 is 0 Å². The van der Waals surface area contributed by atoms with Crippen molar-refractivity contribution in [1.82, 2.24) is 0 Å². The zero-order valence-electron chi connectivity index (χ0n) is 9.31. The van der Waals surface area contributed by atoms with Gasteiger partial charge in [0.1, 0.15) is 0 Å². The number of amides is 1. The minimum atomic E-state index is -0.311. The molecule has 92 valence electrons. The molecule has 0 saturated heterocycles. The highest BCUT2D eigenvalue weighted by molar-refractivity contribution is 6.31. The third kappa shape index (κ3) is 2.82. The largest absolute Gasteiger partial charge is 0.272 e. The Labute approximate surface area is 115 Å². The predicted octanol–water partition coefficient (Wildman–Crippen LogP) is 3.51. The Bertz CT molecular complexity index is 552. The molecule has 0 aliphatic heterocycles. The van der Waals surface area contributed by atoms with Gasteiger partial charge in [0, 0.05) is 15.6 Å². The molecule has 0 saturated carbocycles. The van der Waals surface area contributed by atoms with Crippen LogP contribution in [-0.4, -0.2) is 5.91 Å². The van der Waals surface area contributed by atoms with Gasteiger partial charge in [0.15, 0.2) is 0 Å². The van der Waals surface area contributed by atoms with E-state index in [9.17, 15) is 4.79 Å². The number of rotatable bonds is 2. The maximum atomic E-state index is 12.1. The summed E-state index contributed by atoms with van der Waals surface area (Å²) in [5.41, 5.74) is 1.04. The van der Waals surface area contributed by atoms with Crippen LogP contribution in [-0.2, 0) is 0 Å². The van der Waals surface area contributed by atoms with Crippen LogP contribution in [0.2, 0.25) is 10.0 Å². The van der Waals surface area contributed by atoms with E-state index in [1.807, 2.05) is 0 Å². The third-order valence-corrected chi connectivity index (χ3v) is 2.92. The topological polar surface area (TPSA) is 46.3 Å². The van der Waals surface area contributed by atoms with Crippen molar-refractivity contribution in [2.45, 2.75) is 0 Å². The van der Waals surface area contributed by atoms with Gasteiger partial charge in [0.2, 0.25) is 0 Å². The number of carbonyl (C=O) groups excluding carboxylic acids is 1. The van der Waals surface area contributed by atoms with Crippen LogP contribution >= 0.6 is 23.2 Å². The van der Waals surface area contributed by atoms with Crippen molar-refractivity contribution in [3.8, 4) is 0 Å². The lowest BCUT2D eigenvalue weighted by atomic mass is 10.2. The summed E-state index contributed by atoms with van der Waals surface area (Å²) in [6.07, 6.45) is 0. The molecule has 2 rings (SSSR count). The first-order valence-electron chi connectivity index (χ1n) is 5.18. The lowest BCUT2D eigenvalue weighted by Crippen LogP contribution is -2.37. The molecule has 18 heavy (non-hydrogen) atoms. The number of nitrogens with zero attached hydrogens (tertiary/aromatic N) is 1. The van der Waals surface area contributed by atoms with Crippen LogP contribution < -0.4 is 10.9 Å². The van der Waals surface area contributed by atoms with Crippen LogP contribution in [0.1, 0.15) is 10.4 Å². The van der Waals surface area contributed by atoms with E-state index in [1.54, 1.807) is 48.5 Å². The maximum absolute atomic E-state index is 12.1. The second kappa shape index (κ2) is 5.40. The molecule has 1 amide bonds. The van der Waals surface area contributed by atoms with Crippen LogP contribution in [0.5, 0.6) is 0 Å². The van der Waals surface area contributed by atoms with E-state index in [2.05, 4.69) is 0 Å². The molecule has 0 atom stereocenters. The van der Waals surface area contributed by atoms with Crippen molar-refractivity contribution in [1.29, 1.82) is 0 Å². The fourth-order valence-electron chi connectivity index (χ4n) is 1.45. The fourth-order valence-corrected chi connectivity index (χ4v) is 1.70. The van der Waals surface area contributed by atoms with Gasteiger partial charge in [0.25, 0.3) is 5.91 Å². The monoisotopic (exact) mass is 280 g/mol. The van der Waals surface area contributed by atoms with Crippen LogP contribution in [0.15, 0.2) is 48.5 Å². The molecule has 3 nitrogen and oxygen atoms in total. The smallest absolute Gasteiger partial charge is 0.267 e. The van der Waals surface area contributed by atoms with Crippen molar-refractivity contribution >= 4 is 34.8 Å². The summed E-state index contributed by atoms with van der Waals surface area (Å²) in [4.78, 5) is 12.1. The molecule has 0 aliphatic carbocycles. The summed E-state index contributed by atoms with van der Waals surface area (Å²) >= 11 is 11.5. The molecule has 0 fully saturated rings. The molecule has 2 aromatic carbocycles. The van der Waals surface area contributed by atoms with Crippen molar-refractivity contribution < 1.29 is 4.79 Å². The number of halogens is 2. The quantitative estimate of drug-likeness (QED) is 0.520. The average molecular weight is 281 g/mol. The summed E-state index contributed by atoms with van der Waals surface area (Å²) in [5.74, 6) is 5.46. The first kappa shape index (κ1) is 12.9. The van der Waals surface area contributed by atoms with Crippen molar-refractivity contribution in [2.75, 3.05) is 5.01 Å². The number of nitrogens with two attached hydrogens (primary N) is 1. The Morgan fingerprint density at radius 1 is 0.889 bits per heavy atom. The van der Waals surface area contributed by atoms with Gasteiger partial charge in [-0.2, -0.15) is 0 Å². The van der Waals surface area contributed by atoms with Gasteiger partial charge in [-0.05, 0) is 48.5 Å². The summed E-state index contributed by atoms with van der Waals surface area (Å²) in [5, 5.41) is 2.23. The third-order valence-electron chi connectivity index (χ3n) is 2.41. The molecule has 0 aliphatic rings. The SMILES string of the molecule is NN(C(=O)c1ccc(Cl)cc1)c1ccc(Cl)cc1. The molecule has 2 N–H and O–H groups in total. The van der Waals surface area contributed by atoms with E-state index in [-0.39, 0.29) is 5.91 Å². The summed E-state index contributed by atoms with van der Waals surface area (Å²) in [6, 6.07) is 13.2. The number of hydrogen-bond acceptors (Lipinski definition) is 2. The number of carbonyl (C=O) groups is 1. The van der Waals surface area contributed by atoms with E-state index in [4.69, 9.17) is 29.0 Å². The van der Waals surface area contributed by atoms with Crippen LogP contribution in [0.25, 0.3) is 0 Å². The molecule has 2 aromatic rings. The molecule has 0 spiro atoms. The first-order chi connectivity index (χ1) is 8.58. The van der Waals surface area contributed by atoms with Gasteiger partial charge < -0.3 is 0 Å². The van der Waals surface area contributed by atoms with E-state index in [0.717, 1.165) is 5.01 Å². The minimum Gasteiger partial charge on any atom is -0.267 e. The van der Waals surface area contributed by atoms with Crippen molar-refractivity contribution in [3.05, 3.63) is 64.1 Å². The average Bonchev–Trinajstić information content (AvgIpc) is 2.39. The van der Waals surface area contributed by atoms with Crippen molar-refractivity contribution in [3.63, 3.8) is 0 Å². The van der Waals surface area contributed by atoms with Gasteiger partial charge in [0.05, 0.1) is 5.69 Å². The highest BCUT2D eigenvalue weighted by Crippen LogP contribution is 2.18. The molecule has 0 aromatic heterocycles. The van der Waals surface area contributed by atoms with Gasteiger partial charge in [-0.3, -0.25) is 4.79 Å². The highest BCUT2D eigenvalue weighted by atomic mass is 35.5. The zero-order valence-corrected chi connectivity index (χ0v) is 10.8. The standard InChI is InChI=1S/C13H10Cl2N2O/c14-10-3-1-9(2-4-10)13(18)17(16)12-7-5-11(15)6-8-12/h1-8H,16H2. The highest BCUT2D eigenvalue weighted by Gasteiger charge is 2.13. The van der Waals surface area contributed by atoms with Crippen molar-refractivity contribution in [2.24, 2.45) is 5.84 Å². The van der Waals surface area contributed by atoms with Crippen LogP contribution in [0, 0.1) is 0 Å². The molecule has 0 unspecified atom stereocenters. The summed E-state index contributed by atoms with van der Waals surface area (Å²) in [7, 11) is 0. The Morgan fingerprint density at radius 3 is 1.83 bits per heavy atom. The fraction of sp³-hybridized carbons (Fsp3) is 0. The molecule has 0 bridgehead atoms. The molecule has 0 heterocycles. The molecular formula is C13H10Cl2N2O. The normalized spacial score (nSPS) is 10.2. The van der Waals surface area contributed by atoms with Crippen LogP contribution in [0.4, 0.5) is 5.69 Å². The number of hydrogen-bond donors (Lipinski definition) is 1. The number of benzene rings is 2. The lowest BCUT2D eigenvalue weighted by Gasteiger charge is -2.16. The molecule has 0 radical (unpaired) electrons. The van der Waals surface area contributed by atoms with E-state index in [1.165, 1.54) is 0 Å². The minimum absolute atomic E-state index is 0.311. The number of anilines is 1. The van der Waals surface area contributed by atoms with Gasteiger partial charge in [-0.15, -0.1) is 0 Å². The summed E-state index contributed by atoms with van der Waals surface area (Å²) < 4.78 is 0. The Hall–Kier alpha value is -1.55. The molecule has 5 heteroatoms. The van der Waals surface area contributed by atoms with Gasteiger partial charge in [-0.25, -0.2) is 10.9 Å². The Balaban J connectivity index is 2.23. The summed E-state index contributed by atoms with van der Waals surface area (Å²) in [6.45, 7) is 0. The Kier molecular flexibility index (Phi) is 3.87. The van der Waals surface area contributed by atoms with Gasteiger partial charge >= 0.3 is 0 Å². The van der Waals surface area contributed by atoms with E-state index in [0.29, 0.717) is 21.3 Å². The predicted molar refractivity (Wildman–Crippen MR) is 73.9 cm³/mol.